The molecule has 1 aliphatic carbocycles. The third kappa shape index (κ3) is 3.69. The molecule has 33 heavy (non-hydrogen) atoms. The van der Waals surface area contributed by atoms with Crippen LogP contribution in [0.4, 0.5) is 0 Å². The van der Waals surface area contributed by atoms with E-state index in [4.69, 9.17) is 19.8 Å². The van der Waals surface area contributed by atoms with Gasteiger partial charge in [0.2, 0.25) is 0 Å². The van der Waals surface area contributed by atoms with Crippen molar-refractivity contribution in [3.05, 3.63) is 90.1 Å². The number of aliphatic carboxylic acids is 1. The number of aromatic nitrogens is 2. The van der Waals surface area contributed by atoms with Crippen LogP contribution in [0.5, 0.6) is 5.75 Å². The zero-order chi connectivity index (χ0) is 22.4. The zero-order valence-electron chi connectivity index (χ0n) is 17.6. The minimum atomic E-state index is -0.837. The normalized spacial score (nSPS) is 20.7. The lowest BCUT2D eigenvalue weighted by molar-refractivity contribution is -0.139. The third-order valence-electron chi connectivity index (χ3n) is 6.22. The lowest BCUT2D eigenvalue weighted by Crippen LogP contribution is -2.30. The van der Waals surface area contributed by atoms with Crippen LogP contribution in [0.25, 0.3) is 20.9 Å². The van der Waals surface area contributed by atoms with Crippen LogP contribution in [-0.2, 0) is 10.2 Å². The van der Waals surface area contributed by atoms with Gasteiger partial charge in [-0.25, -0.2) is 9.97 Å². The van der Waals surface area contributed by atoms with E-state index in [9.17, 15) is 4.79 Å². The van der Waals surface area contributed by atoms with Gasteiger partial charge >= 0.3 is 5.97 Å². The number of fused-ring (bicyclic) bond motifs is 1. The molecule has 7 heteroatoms. The molecule has 2 aliphatic rings. The van der Waals surface area contributed by atoms with Crippen molar-refractivity contribution in [2.24, 2.45) is 0 Å². The molecule has 2 N–H and O–H groups in total. The summed E-state index contributed by atoms with van der Waals surface area (Å²) >= 11 is 1.58. The summed E-state index contributed by atoms with van der Waals surface area (Å²) < 4.78 is 5.95. The average molecular weight is 456 g/mol. The van der Waals surface area contributed by atoms with E-state index in [2.05, 4.69) is 47.8 Å². The quantitative estimate of drug-likeness (QED) is 0.419. The second-order valence-electron chi connectivity index (χ2n) is 8.41. The number of hydrogen-bond acceptors (Lipinski definition) is 6. The van der Waals surface area contributed by atoms with Crippen molar-refractivity contribution in [2.45, 2.75) is 24.0 Å². The van der Waals surface area contributed by atoms with Gasteiger partial charge in [-0.1, -0.05) is 53.8 Å². The van der Waals surface area contributed by atoms with Crippen LogP contribution in [0.2, 0.25) is 0 Å². The smallest absolute Gasteiger partial charge is 0.320 e. The molecule has 2 atom stereocenters. The largest absolute Gasteiger partial charge is 0.489 e. The fourth-order valence-electron chi connectivity index (χ4n) is 4.33. The molecule has 6 nitrogen and oxygen atoms in total. The number of pyridine rings is 1. The van der Waals surface area contributed by atoms with Crippen molar-refractivity contribution in [3.63, 3.8) is 0 Å². The molecule has 2 aromatic carbocycles. The van der Waals surface area contributed by atoms with Gasteiger partial charge in [0.15, 0.2) is 0 Å². The Morgan fingerprint density at radius 2 is 1.82 bits per heavy atom. The summed E-state index contributed by atoms with van der Waals surface area (Å²) in [5.74, 6) is -0.112. The Balaban J connectivity index is 1.21. The molecule has 164 valence electrons. The monoisotopic (exact) mass is 455 g/mol. The lowest BCUT2D eigenvalue weighted by Gasteiger charge is -2.15. The Morgan fingerprint density at radius 3 is 2.52 bits per heavy atom. The molecule has 0 radical (unpaired) electrons. The van der Waals surface area contributed by atoms with E-state index in [1.54, 1.807) is 11.3 Å². The first kappa shape index (κ1) is 20.1. The Kier molecular flexibility index (Phi) is 4.74. The predicted molar refractivity (Wildman–Crippen MR) is 128 cm³/mol. The number of rotatable bonds is 6. The molecule has 4 aromatic rings. The van der Waals surface area contributed by atoms with Crippen molar-refractivity contribution >= 4 is 27.7 Å². The fourth-order valence-corrected chi connectivity index (χ4v) is 5.27. The van der Waals surface area contributed by atoms with Gasteiger partial charge in [-0.05, 0) is 42.0 Å². The van der Waals surface area contributed by atoms with Gasteiger partial charge in [0, 0.05) is 18.5 Å². The summed E-state index contributed by atoms with van der Waals surface area (Å²) in [4.78, 5) is 21.7. The van der Waals surface area contributed by atoms with Crippen LogP contribution >= 0.6 is 11.3 Å². The number of allylic oxidation sites excluding steroid dienone is 2. The van der Waals surface area contributed by atoms with Gasteiger partial charge in [0.05, 0.1) is 11.1 Å². The summed E-state index contributed by atoms with van der Waals surface area (Å²) in [7, 11) is 0. The highest BCUT2D eigenvalue weighted by Gasteiger charge is 2.39. The second kappa shape index (κ2) is 7.79. The molecule has 1 aliphatic heterocycles. The SMILES string of the molecule is O=C(O)[C@H]1C[C@@H](Oc2ccc(-c3nc4ccc(C5(c6ccccc6)C=C5)nc4s3)cc2)CN1. The first-order valence-electron chi connectivity index (χ1n) is 10.9. The van der Waals surface area contributed by atoms with E-state index in [1.165, 1.54) is 5.56 Å². The third-order valence-corrected chi connectivity index (χ3v) is 7.24. The number of nitrogens with one attached hydrogen (secondary N) is 1. The van der Waals surface area contributed by atoms with Crippen molar-refractivity contribution in [3.8, 4) is 16.3 Å². The van der Waals surface area contributed by atoms with Crippen molar-refractivity contribution in [1.82, 2.24) is 15.3 Å². The number of thiazole rings is 1. The highest BCUT2D eigenvalue weighted by atomic mass is 32.1. The maximum absolute atomic E-state index is 11.1. The van der Waals surface area contributed by atoms with Crippen molar-refractivity contribution < 1.29 is 14.6 Å². The molecule has 0 saturated carbocycles. The van der Waals surface area contributed by atoms with E-state index < -0.39 is 12.0 Å². The standard InChI is InChI=1S/C26H21N3O3S/c30-25(31)21-14-19(15-27-21)32-18-8-6-16(7-9-18)23-28-20-10-11-22(29-24(20)33-23)26(12-13-26)17-4-2-1-3-5-17/h1-13,19,21,27H,14-15H2,(H,30,31)/t19-,21-/m1/s1. The second-order valence-corrected chi connectivity index (χ2v) is 9.38. The molecule has 1 fully saturated rings. The molecule has 0 bridgehead atoms. The van der Waals surface area contributed by atoms with Crippen LogP contribution in [0.3, 0.4) is 0 Å². The molecule has 2 aromatic heterocycles. The van der Waals surface area contributed by atoms with E-state index in [0.29, 0.717) is 13.0 Å². The van der Waals surface area contributed by atoms with Gasteiger partial charge in [0.25, 0.3) is 0 Å². The Morgan fingerprint density at radius 1 is 1.03 bits per heavy atom. The first-order valence-corrected chi connectivity index (χ1v) is 11.7. The zero-order valence-corrected chi connectivity index (χ0v) is 18.5. The molecule has 3 heterocycles. The minimum absolute atomic E-state index is 0.144. The molecule has 0 amide bonds. The minimum Gasteiger partial charge on any atom is -0.489 e. The number of carboxylic acids is 1. The Hall–Kier alpha value is -3.55. The van der Waals surface area contributed by atoms with Crippen LogP contribution in [0, 0.1) is 0 Å². The first-order chi connectivity index (χ1) is 16.1. The summed E-state index contributed by atoms with van der Waals surface area (Å²) in [6, 6.07) is 21.8. The number of carboxylic acid groups (broad SMARTS) is 1. The van der Waals surface area contributed by atoms with E-state index >= 15 is 0 Å². The van der Waals surface area contributed by atoms with Gasteiger partial charge in [0.1, 0.15) is 33.3 Å². The lowest BCUT2D eigenvalue weighted by atomic mass is 9.89. The topological polar surface area (TPSA) is 84.3 Å². The van der Waals surface area contributed by atoms with Crippen LogP contribution < -0.4 is 10.1 Å². The van der Waals surface area contributed by atoms with E-state index in [0.717, 1.165) is 32.4 Å². The number of hydrogen-bond donors (Lipinski definition) is 2. The highest BCUT2D eigenvalue weighted by Crippen LogP contribution is 2.45. The molecule has 0 spiro atoms. The number of nitrogens with zero attached hydrogens (tertiary/aromatic N) is 2. The molecular weight excluding hydrogens is 434 g/mol. The Labute approximate surface area is 194 Å². The van der Waals surface area contributed by atoms with Crippen LogP contribution in [0.1, 0.15) is 17.7 Å². The number of ether oxygens (including phenoxy) is 1. The van der Waals surface area contributed by atoms with Crippen LogP contribution in [-0.4, -0.2) is 39.7 Å². The summed E-state index contributed by atoms with van der Waals surface area (Å²) in [6.45, 7) is 0.532. The molecule has 6 rings (SSSR count). The van der Waals surface area contributed by atoms with Gasteiger partial charge in [-0.2, -0.15) is 0 Å². The molecule has 0 unspecified atom stereocenters. The summed E-state index contributed by atoms with van der Waals surface area (Å²) in [5, 5.41) is 13.0. The molecular formula is C26H21N3O3S. The molecule has 1 saturated heterocycles. The maximum atomic E-state index is 11.1. The van der Waals surface area contributed by atoms with Gasteiger partial charge in [-0.3, -0.25) is 4.79 Å². The number of benzene rings is 2. The fraction of sp³-hybridized carbons (Fsp3) is 0.192. The van der Waals surface area contributed by atoms with Crippen molar-refractivity contribution in [1.29, 1.82) is 0 Å². The van der Waals surface area contributed by atoms with E-state index in [-0.39, 0.29) is 11.5 Å². The maximum Gasteiger partial charge on any atom is 0.320 e. The average Bonchev–Trinajstić information content (AvgIpc) is 3.32. The van der Waals surface area contributed by atoms with Crippen molar-refractivity contribution in [2.75, 3.05) is 6.54 Å². The number of carbonyl (C=O) groups is 1. The van der Waals surface area contributed by atoms with Crippen LogP contribution in [0.15, 0.2) is 78.9 Å². The van der Waals surface area contributed by atoms with E-state index in [1.807, 2.05) is 36.4 Å². The van der Waals surface area contributed by atoms with Gasteiger partial charge < -0.3 is 15.2 Å². The predicted octanol–water partition coefficient (Wildman–Crippen LogP) is 4.41. The summed E-state index contributed by atoms with van der Waals surface area (Å²) in [5.41, 5.74) is 3.93. The highest BCUT2D eigenvalue weighted by molar-refractivity contribution is 7.21. The van der Waals surface area contributed by atoms with Gasteiger partial charge in [-0.15, -0.1) is 0 Å². The summed E-state index contributed by atoms with van der Waals surface area (Å²) in [6.07, 6.45) is 4.70. The Bertz CT molecular complexity index is 1360.